The van der Waals surface area contributed by atoms with Gasteiger partial charge >= 0.3 is 6.18 Å². The number of aliphatic hydroxyl groups is 1. The minimum Gasteiger partial charge on any atom is -0.361 e. The topological polar surface area (TPSA) is 45.2 Å². The van der Waals surface area contributed by atoms with Crippen molar-refractivity contribution in [3.05, 3.63) is 36.0 Å². The summed E-state index contributed by atoms with van der Waals surface area (Å²) in [5.41, 5.74) is 1.78. The summed E-state index contributed by atoms with van der Waals surface area (Å²) in [5, 5.41) is 9.62. The van der Waals surface area contributed by atoms with Gasteiger partial charge in [0.15, 0.2) is 0 Å². The molecule has 0 saturated carbocycles. The predicted octanol–water partition coefficient (Wildman–Crippen LogP) is 2.61. The lowest BCUT2D eigenvalue weighted by Gasteiger charge is -2.14. The van der Waals surface area contributed by atoms with Crippen LogP contribution in [0.15, 0.2) is 30.5 Å². The molecule has 6 heteroatoms. The molecule has 0 radical (unpaired) electrons. The molecule has 18 heavy (non-hydrogen) atoms. The molecule has 0 saturated heterocycles. The van der Waals surface area contributed by atoms with E-state index in [1.165, 1.54) is 0 Å². The van der Waals surface area contributed by atoms with E-state index in [1.807, 2.05) is 24.3 Å². The lowest BCUT2D eigenvalue weighted by atomic mass is 10.1. The van der Waals surface area contributed by atoms with Gasteiger partial charge in [0.05, 0.1) is 6.61 Å². The number of nitrogens with one attached hydrogen (secondary N) is 1. The van der Waals surface area contributed by atoms with Crippen LogP contribution in [0.1, 0.15) is 5.56 Å². The Morgan fingerprint density at radius 3 is 2.72 bits per heavy atom. The Kier molecular flexibility index (Phi) is 3.58. The van der Waals surface area contributed by atoms with Crippen molar-refractivity contribution in [2.45, 2.75) is 18.9 Å². The van der Waals surface area contributed by atoms with Gasteiger partial charge in [0.25, 0.3) is 6.29 Å². The van der Waals surface area contributed by atoms with Crippen molar-refractivity contribution in [2.75, 3.05) is 6.61 Å². The molecule has 0 aliphatic carbocycles. The van der Waals surface area contributed by atoms with Crippen LogP contribution in [0.25, 0.3) is 10.9 Å². The number of aromatic nitrogens is 1. The van der Waals surface area contributed by atoms with Gasteiger partial charge in [-0.2, -0.15) is 13.2 Å². The number of hydrogen-bond acceptors (Lipinski definition) is 2. The SMILES string of the molecule is OC(OCCc1c[nH]c2ccccc12)C(F)(F)F. The zero-order chi connectivity index (χ0) is 13.2. The first-order valence-electron chi connectivity index (χ1n) is 5.40. The van der Waals surface area contributed by atoms with Crippen LogP contribution in [-0.2, 0) is 11.2 Å². The smallest absolute Gasteiger partial charge is 0.361 e. The third-order valence-corrected chi connectivity index (χ3v) is 2.60. The molecule has 3 nitrogen and oxygen atoms in total. The second-order valence-corrected chi connectivity index (χ2v) is 3.87. The normalized spacial score (nSPS) is 14.0. The van der Waals surface area contributed by atoms with Crippen molar-refractivity contribution in [1.29, 1.82) is 0 Å². The highest BCUT2D eigenvalue weighted by molar-refractivity contribution is 5.82. The maximum atomic E-state index is 12.0. The Bertz CT molecular complexity index is 521. The molecule has 1 heterocycles. The van der Waals surface area contributed by atoms with Crippen LogP contribution in [0.3, 0.4) is 0 Å². The number of hydrogen-bond donors (Lipinski definition) is 2. The zero-order valence-electron chi connectivity index (χ0n) is 9.37. The molecular weight excluding hydrogens is 247 g/mol. The number of H-pyrrole nitrogens is 1. The molecule has 2 aromatic rings. The van der Waals surface area contributed by atoms with Crippen molar-refractivity contribution in [1.82, 2.24) is 4.98 Å². The third-order valence-electron chi connectivity index (χ3n) is 2.60. The fraction of sp³-hybridized carbons (Fsp3) is 0.333. The Morgan fingerprint density at radius 2 is 2.00 bits per heavy atom. The molecule has 0 aliphatic heterocycles. The minimum absolute atomic E-state index is 0.192. The Balaban J connectivity index is 1.95. The highest BCUT2D eigenvalue weighted by atomic mass is 19.4. The van der Waals surface area contributed by atoms with Crippen molar-refractivity contribution >= 4 is 10.9 Å². The second-order valence-electron chi connectivity index (χ2n) is 3.87. The van der Waals surface area contributed by atoms with Crippen LogP contribution >= 0.6 is 0 Å². The number of ether oxygens (including phenoxy) is 1. The predicted molar refractivity (Wildman–Crippen MR) is 60.0 cm³/mol. The standard InChI is InChI=1S/C12H12F3NO2/c13-12(14,15)11(17)18-6-5-8-7-16-10-4-2-1-3-9(8)10/h1-4,7,11,16-17H,5-6H2. The minimum atomic E-state index is -4.74. The van der Waals surface area contributed by atoms with Gasteiger partial charge in [-0.3, -0.25) is 0 Å². The monoisotopic (exact) mass is 259 g/mol. The number of para-hydroxylation sites is 1. The molecular formula is C12H12F3NO2. The second kappa shape index (κ2) is 4.99. The van der Waals surface area contributed by atoms with Crippen LogP contribution in [0.2, 0.25) is 0 Å². The summed E-state index contributed by atoms with van der Waals surface area (Å²) in [6.45, 7) is -0.192. The number of aromatic amines is 1. The number of fused-ring (bicyclic) bond motifs is 1. The summed E-state index contributed by atoms with van der Waals surface area (Å²) >= 11 is 0. The van der Waals surface area contributed by atoms with E-state index in [2.05, 4.69) is 9.72 Å². The average molecular weight is 259 g/mol. The molecule has 2 N–H and O–H groups in total. The molecule has 0 fully saturated rings. The first-order chi connectivity index (χ1) is 8.48. The van der Waals surface area contributed by atoms with E-state index >= 15 is 0 Å². The van der Waals surface area contributed by atoms with Gasteiger partial charge < -0.3 is 14.8 Å². The Morgan fingerprint density at radius 1 is 1.28 bits per heavy atom. The quantitative estimate of drug-likeness (QED) is 0.829. The van der Waals surface area contributed by atoms with E-state index in [0.29, 0.717) is 6.42 Å². The lowest BCUT2D eigenvalue weighted by Crippen LogP contribution is -2.31. The Hall–Kier alpha value is -1.53. The van der Waals surface area contributed by atoms with Crippen molar-refractivity contribution in [3.63, 3.8) is 0 Å². The van der Waals surface area contributed by atoms with Gasteiger partial charge in [0.1, 0.15) is 0 Å². The molecule has 0 bridgehead atoms. The maximum Gasteiger partial charge on any atom is 0.439 e. The lowest BCUT2D eigenvalue weighted by molar-refractivity contribution is -0.293. The van der Waals surface area contributed by atoms with Gasteiger partial charge in [-0.15, -0.1) is 0 Å². The van der Waals surface area contributed by atoms with E-state index in [-0.39, 0.29) is 6.61 Å². The van der Waals surface area contributed by atoms with E-state index in [1.54, 1.807) is 6.20 Å². The number of benzene rings is 1. The molecule has 0 aliphatic rings. The van der Waals surface area contributed by atoms with Gasteiger partial charge in [0, 0.05) is 17.1 Å². The number of aliphatic hydroxyl groups excluding tert-OH is 1. The van der Waals surface area contributed by atoms with E-state index in [0.717, 1.165) is 16.5 Å². The Labute approximate surface area is 101 Å². The van der Waals surface area contributed by atoms with Gasteiger partial charge in [-0.25, -0.2) is 0 Å². The fourth-order valence-electron chi connectivity index (χ4n) is 1.71. The molecule has 0 spiro atoms. The molecule has 1 unspecified atom stereocenters. The van der Waals surface area contributed by atoms with Crippen LogP contribution in [0, 0.1) is 0 Å². The summed E-state index contributed by atoms with van der Waals surface area (Å²) in [5.74, 6) is 0. The largest absolute Gasteiger partial charge is 0.439 e. The van der Waals surface area contributed by atoms with Gasteiger partial charge in [-0.05, 0) is 18.1 Å². The molecule has 0 amide bonds. The summed E-state index contributed by atoms with van der Waals surface area (Å²) in [7, 11) is 0. The highest BCUT2D eigenvalue weighted by Crippen LogP contribution is 2.22. The highest BCUT2D eigenvalue weighted by Gasteiger charge is 2.39. The van der Waals surface area contributed by atoms with E-state index < -0.39 is 12.5 Å². The average Bonchev–Trinajstić information content (AvgIpc) is 2.71. The maximum absolute atomic E-state index is 12.0. The van der Waals surface area contributed by atoms with E-state index in [4.69, 9.17) is 5.11 Å². The molecule has 1 aromatic carbocycles. The summed E-state index contributed by atoms with van der Waals surface area (Å²) in [6.07, 6.45) is -5.42. The molecule has 1 aromatic heterocycles. The summed E-state index contributed by atoms with van der Waals surface area (Å²) in [4.78, 5) is 3.02. The van der Waals surface area contributed by atoms with Crippen LogP contribution in [0.4, 0.5) is 13.2 Å². The number of halogens is 3. The first kappa shape index (κ1) is 12.9. The van der Waals surface area contributed by atoms with Gasteiger partial charge in [-0.1, -0.05) is 18.2 Å². The summed E-state index contributed by atoms with van der Waals surface area (Å²) in [6, 6.07) is 7.48. The first-order valence-corrected chi connectivity index (χ1v) is 5.40. The molecule has 1 atom stereocenters. The van der Waals surface area contributed by atoms with Crippen molar-refractivity contribution < 1.29 is 23.0 Å². The van der Waals surface area contributed by atoms with Crippen LogP contribution in [-0.4, -0.2) is 29.2 Å². The van der Waals surface area contributed by atoms with Crippen LogP contribution in [0.5, 0.6) is 0 Å². The van der Waals surface area contributed by atoms with Gasteiger partial charge in [0.2, 0.25) is 0 Å². The van der Waals surface area contributed by atoms with E-state index in [9.17, 15) is 13.2 Å². The number of rotatable bonds is 4. The zero-order valence-corrected chi connectivity index (χ0v) is 9.37. The van der Waals surface area contributed by atoms with Crippen molar-refractivity contribution in [3.8, 4) is 0 Å². The number of alkyl halides is 3. The fourth-order valence-corrected chi connectivity index (χ4v) is 1.71. The third kappa shape index (κ3) is 2.83. The van der Waals surface area contributed by atoms with Crippen molar-refractivity contribution in [2.24, 2.45) is 0 Å². The molecule has 98 valence electrons. The molecule has 2 rings (SSSR count). The van der Waals surface area contributed by atoms with Crippen LogP contribution < -0.4 is 0 Å². The summed E-state index contributed by atoms with van der Waals surface area (Å²) < 4.78 is 40.3.